The number of amides is 2. The number of nitrogens with two attached hydrogens (primary N) is 1. The van der Waals surface area contributed by atoms with E-state index in [1.807, 2.05) is 0 Å². The summed E-state index contributed by atoms with van der Waals surface area (Å²) >= 11 is 0. The predicted molar refractivity (Wildman–Crippen MR) is 99.8 cm³/mol. The van der Waals surface area contributed by atoms with Gasteiger partial charge in [-0.3, -0.25) is 14.4 Å². The maximum atomic E-state index is 12.6. The summed E-state index contributed by atoms with van der Waals surface area (Å²) in [6, 6.07) is 1.74. The van der Waals surface area contributed by atoms with Crippen molar-refractivity contribution in [3.8, 4) is 5.75 Å². The average molecular weight is 411 g/mol. The third kappa shape index (κ3) is 8.15. The first-order valence-electron chi connectivity index (χ1n) is 8.78. The molecule has 2 amide bonds. The fraction of sp³-hybridized carbons (Fsp3) is 0.444. The van der Waals surface area contributed by atoms with Gasteiger partial charge in [-0.25, -0.2) is 4.79 Å². The molecule has 11 heteroatoms. The average Bonchev–Trinajstić information content (AvgIpc) is 2.64. The van der Waals surface area contributed by atoms with Crippen LogP contribution in [0.1, 0.15) is 25.3 Å². The molecule has 0 aromatic heterocycles. The number of rotatable bonds is 11. The van der Waals surface area contributed by atoms with Crippen molar-refractivity contribution in [3.05, 3.63) is 29.8 Å². The molecule has 0 aliphatic rings. The Morgan fingerprint density at radius 2 is 1.55 bits per heavy atom. The third-order valence-corrected chi connectivity index (χ3v) is 4.09. The number of aromatic hydroxyl groups is 1. The van der Waals surface area contributed by atoms with Crippen molar-refractivity contribution in [1.29, 1.82) is 0 Å². The topological polar surface area (TPSA) is 199 Å². The Morgan fingerprint density at radius 3 is 2.03 bits per heavy atom. The predicted octanol–water partition coefficient (Wildman–Crippen LogP) is -1.44. The number of carbonyl (C=O) groups excluding carboxylic acids is 2. The van der Waals surface area contributed by atoms with E-state index in [0.717, 1.165) is 0 Å². The Balaban J connectivity index is 2.98. The van der Waals surface area contributed by atoms with Crippen molar-refractivity contribution >= 4 is 23.8 Å². The van der Waals surface area contributed by atoms with Crippen LogP contribution in [0.4, 0.5) is 0 Å². The smallest absolute Gasteiger partial charge is 0.326 e. The number of phenolic OH excluding ortho intramolecular Hbond substituents is 1. The Labute approximate surface area is 166 Å². The minimum atomic E-state index is -1.47. The van der Waals surface area contributed by atoms with Crippen molar-refractivity contribution < 1.29 is 39.6 Å². The number of benzene rings is 1. The molecule has 4 unspecified atom stereocenters. The zero-order chi connectivity index (χ0) is 22.1. The van der Waals surface area contributed by atoms with E-state index in [4.69, 9.17) is 10.8 Å². The summed E-state index contributed by atoms with van der Waals surface area (Å²) in [6.07, 6.45) is -2.06. The van der Waals surface area contributed by atoms with Crippen LogP contribution in [0.5, 0.6) is 5.75 Å². The van der Waals surface area contributed by atoms with Crippen LogP contribution < -0.4 is 16.4 Å². The molecule has 0 fully saturated rings. The van der Waals surface area contributed by atoms with Crippen LogP contribution in [0.3, 0.4) is 0 Å². The molecule has 160 valence electrons. The monoisotopic (exact) mass is 411 g/mol. The second-order valence-electron chi connectivity index (χ2n) is 6.53. The molecule has 4 atom stereocenters. The van der Waals surface area contributed by atoms with Crippen LogP contribution in [0.2, 0.25) is 0 Å². The van der Waals surface area contributed by atoms with E-state index >= 15 is 0 Å². The second-order valence-corrected chi connectivity index (χ2v) is 6.53. The van der Waals surface area contributed by atoms with Gasteiger partial charge in [-0.2, -0.15) is 0 Å². The summed E-state index contributed by atoms with van der Waals surface area (Å²) < 4.78 is 0. The highest BCUT2D eigenvalue weighted by atomic mass is 16.4. The number of aliphatic carboxylic acids is 2. The SMILES string of the molecule is CC(O)C(N)C(=O)NC(Cc1ccc(O)cc1)C(=O)NC(CCC(=O)O)C(=O)O. The van der Waals surface area contributed by atoms with E-state index in [-0.39, 0.29) is 18.6 Å². The van der Waals surface area contributed by atoms with Gasteiger partial charge in [0.25, 0.3) is 0 Å². The number of nitrogens with one attached hydrogen (secondary N) is 2. The first-order valence-corrected chi connectivity index (χ1v) is 8.78. The third-order valence-electron chi connectivity index (χ3n) is 4.09. The zero-order valence-corrected chi connectivity index (χ0v) is 15.7. The molecule has 0 radical (unpaired) electrons. The maximum absolute atomic E-state index is 12.6. The van der Waals surface area contributed by atoms with Crippen LogP contribution in [0.15, 0.2) is 24.3 Å². The van der Waals surface area contributed by atoms with Gasteiger partial charge >= 0.3 is 11.9 Å². The van der Waals surface area contributed by atoms with E-state index in [9.17, 15) is 34.5 Å². The summed E-state index contributed by atoms with van der Waals surface area (Å²) in [5, 5.41) is 41.3. The number of phenols is 1. The van der Waals surface area contributed by atoms with Gasteiger partial charge < -0.3 is 36.8 Å². The van der Waals surface area contributed by atoms with Gasteiger partial charge in [-0.1, -0.05) is 12.1 Å². The van der Waals surface area contributed by atoms with E-state index in [2.05, 4.69) is 10.6 Å². The molecule has 1 rings (SSSR count). The van der Waals surface area contributed by atoms with Gasteiger partial charge in [0.2, 0.25) is 11.8 Å². The fourth-order valence-corrected chi connectivity index (χ4v) is 2.36. The Kier molecular flexibility index (Phi) is 9.03. The molecule has 1 aromatic carbocycles. The number of carboxylic acid groups (broad SMARTS) is 2. The lowest BCUT2D eigenvalue weighted by atomic mass is 10.0. The lowest BCUT2D eigenvalue weighted by Gasteiger charge is -2.23. The number of carbonyl (C=O) groups is 4. The molecular weight excluding hydrogens is 386 g/mol. The van der Waals surface area contributed by atoms with Gasteiger partial charge in [0.15, 0.2) is 0 Å². The summed E-state index contributed by atoms with van der Waals surface area (Å²) in [7, 11) is 0. The molecule has 0 spiro atoms. The van der Waals surface area contributed by atoms with E-state index in [1.165, 1.54) is 31.2 Å². The molecule has 0 aliphatic heterocycles. The van der Waals surface area contributed by atoms with Crippen molar-refractivity contribution in [2.45, 2.75) is 50.4 Å². The molecule has 0 aliphatic carbocycles. The first-order chi connectivity index (χ1) is 13.5. The molecule has 1 aromatic rings. The highest BCUT2D eigenvalue weighted by Crippen LogP contribution is 2.12. The molecule has 0 saturated heterocycles. The van der Waals surface area contributed by atoms with E-state index in [1.54, 1.807) is 0 Å². The van der Waals surface area contributed by atoms with Crippen LogP contribution in [0.25, 0.3) is 0 Å². The molecule has 8 N–H and O–H groups in total. The fourth-order valence-electron chi connectivity index (χ4n) is 2.36. The Bertz CT molecular complexity index is 735. The maximum Gasteiger partial charge on any atom is 0.326 e. The molecule has 11 nitrogen and oxygen atoms in total. The number of aliphatic hydroxyl groups is 1. The normalized spacial score (nSPS) is 14.9. The number of aliphatic hydroxyl groups excluding tert-OH is 1. The number of carboxylic acids is 2. The van der Waals surface area contributed by atoms with E-state index in [0.29, 0.717) is 5.56 Å². The van der Waals surface area contributed by atoms with Gasteiger partial charge in [0.1, 0.15) is 23.9 Å². The minimum Gasteiger partial charge on any atom is -0.508 e. The summed E-state index contributed by atoms with van der Waals surface area (Å²) in [6.45, 7) is 1.30. The number of hydrogen-bond donors (Lipinski definition) is 7. The first kappa shape index (κ1) is 23.9. The van der Waals surface area contributed by atoms with Crippen molar-refractivity contribution in [2.75, 3.05) is 0 Å². The molecule has 0 heterocycles. The highest BCUT2D eigenvalue weighted by Gasteiger charge is 2.29. The zero-order valence-electron chi connectivity index (χ0n) is 15.7. The van der Waals surface area contributed by atoms with Gasteiger partial charge in [0.05, 0.1) is 6.10 Å². The summed E-state index contributed by atoms with van der Waals surface area (Å²) in [4.78, 5) is 46.8. The molecule has 0 saturated carbocycles. The van der Waals surface area contributed by atoms with Gasteiger partial charge in [0, 0.05) is 12.8 Å². The Morgan fingerprint density at radius 1 is 1.00 bits per heavy atom. The molecule has 0 bridgehead atoms. The highest BCUT2D eigenvalue weighted by molar-refractivity contribution is 5.92. The quantitative estimate of drug-likeness (QED) is 0.228. The van der Waals surface area contributed by atoms with Crippen LogP contribution >= 0.6 is 0 Å². The molecular formula is C18H25N3O8. The van der Waals surface area contributed by atoms with Gasteiger partial charge in [-0.15, -0.1) is 0 Å². The number of hydrogen-bond acceptors (Lipinski definition) is 7. The standard InChI is InChI=1S/C18H25N3O8/c1-9(22)15(19)17(27)21-13(8-10-2-4-11(23)5-3-10)16(26)20-12(18(28)29)6-7-14(24)25/h2-5,9,12-13,15,22-23H,6-8,19H2,1H3,(H,20,26)(H,21,27)(H,24,25)(H,28,29). The minimum absolute atomic E-state index is 0.00507. The summed E-state index contributed by atoms with van der Waals surface area (Å²) in [5.74, 6) is -4.33. The second kappa shape index (κ2) is 11.0. The van der Waals surface area contributed by atoms with Gasteiger partial charge in [-0.05, 0) is 31.0 Å². The Hall–Kier alpha value is -3.18. The largest absolute Gasteiger partial charge is 0.508 e. The lowest BCUT2D eigenvalue weighted by molar-refractivity contribution is -0.143. The van der Waals surface area contributed by atoms with Crippen LogP contribution in [0, 0.1) is 0 Å². The van der Waals surface area contributed by atoms with Crippen molar-refractivity contribution in [3.63, 3.8) is 0 Å². The van der Waals surface area contributed by atoms with Crippen molar-refractivity contribution in [2.24, 2.45) is 5.73 Å². The van der Waals surface area contributed by atoms with Crippen LogP contribution in [-0.4, -0.2) is 68.4 Å². The van der Waals surface area contributed by atoms with E-state index < -0.39 is 54.4 Å². The lowest BCUT2D eigenvalue weighted by Crippen LogP contribution is -2.57. The van der Waals surface area contributed by atoms with Crippen molar-refractivity contribution in [1.82, 2.24) is 10.6 Å². The molecule has 29 heavy (non-hydrogen) atoms. The summed E-state index contributed by atoms with van der Waals surface area (Å²) in [5.41, 5.74) is 6.11. The van der Waals surface area contributed by atoms with Crippen LogP contribution in [-0.2, 0) is 25.6 Å².